The smallest absolute Gasteiger partial charge is 0.475 e. The van der Waals surface area contributed by atoms with Gasteiger partial charge in [0.05, 0.1) is 18.6 Å². The quantitative estimate of drug-likeness (QED) is 0.255. The molecular weight excluding hydrogens is 576 g/mol. The zero-order valence-corrected chi connectivity index (χ0v) is 22.8. The van der Waals surface area contributed by atoms with E-state index in [0.29, 0.717) is 32.5 Å². The Kier molecular flexibility index (Phi) is 10.9. The second kappa shape index (κ2) is 13.7. The number of carboxylic acids is 1. The first-order chi connectivity index (χ1) is 19.3. The lowest BCUT2D eigenvalue weighted by molar-refractivity contribution is -0.192. The number of fused-ring (bicyclic) bond motifs is 3. The summed E-state index contributed by atoms with van der Waals surface area (Å²) in [4.78, 5) is 36.5. The summed E-state index contributed by atoms with van der Waals surface area (Å²) in [6.45, 7) is 2.38. The van der Waals surface area contributed by atoms with Crippen molar-refractivity contribution in [1.82, 2.24) is 20.3 Å². The molecule has 3 aliphatic heterocycles. The fourth-order valence-electron chi connectivity index (χ4n) is 4.72. The molecule has 41 heavy (non-hydrogen) atoms. The largest absolute Gasteiger partial charge is 0.490 e. The number of nitrogens with one attached hydrogen (secondary N) is 3. The highest BCUT2D eigenvalue weighted by Crippen LogP contribution is 2.27. The fraction of sp³-hybridized carbons (Fsp3) is 0.560. The number of rotatable bonds is 0. The zero-order valence-electron chi connectivity index (χ0n) is 22.0. The molecule has 2 bridgehead atoms. The van der Waals surface area contributed by atoms with Crippen LogP contribution in [0.25, 0.3) is 0 Å². The number of carbonyl (C=O) groups excluding carboxylic acids is 2. The normalized spacial score (nSPS) is 26.5. The van der Waals surface area contributed by atoms with E-state index in [4.69, 9.17) is 14.6 Å². The Bertz CT molecular complexity index is 1250. The van der Waals surface area contributed by atoms with Gasteiger partial charge in [0.15, 0.2) is 0 Å². The van der Waals surface area contributed by atoms with E-state index in [2.05, 4.69) is 15.4 Å². The third-order valence-corrected chi connectivity index (χ3v) is 8.41. The predicted octanol–water partition coefficient (Wildman–Crippen LogP) is 1.41. The first-order valence-electron chi connectivity index (χ1n) is 12.9. The number of sulfonamides is 1. The molecule has 0 aliphatic carbocycles. The minimum Gasteiger partial charge on any atom is -0.475 e. The van der Waals surface area contributed by atoms with E-state index in [1.807, 2.05) is 0 Å². The number of aliphatic carboxylic acids is 1. The van der Waals surface area contributed by atoms with Gasteiger partial charge in [-0.1, -0.05) is 12.2 Å². The topological polar surface area (TPSA) is 154 Å². The average Bonchev–Trinajstić information content (AvgIpc) is 3.40. The molecule has 228 valence electrons. The average molecular weight is 609 g/mol. The number of halogens is 4. The van der Waals surface area contributed by atoms with Crippen molar-refractivity contribution in [2.75, 3.05) is 45.9 Å². The summed E-state index contributed by atoms with van der Waals surface area (Å²) in [6.07, 6.45) is 1.21. The van der Waals surface area contributed by atoms with Crippen LogP contribution in [0.2, 0.25) is 0 Å². The highest BCUT2D eigenvalue weighted by molar-refractivity contribution is 7.89. The standard InChI is InChI=1S/C23H31FN4O5S.C2HF3O2/c24-19-7-6-17-13-20(19)34(31,32)27-9-2-4-12-33-16-23(8-10-25-15-23)22(30)26-14-18-5-1-3-11-28(18)21(17)29;3-2(4,5)1(6)7/h2,4,6-7,13,18,25,27H,1,3,5,8-12,14-16H2,(H,26,30);(H,6,7)/b4-2+;. The Morgan fingerprint density at radius 2 is 1.90 bits per heavy atom. The summed E-state index contributed by atoms with van der Waals surface area (Å²) < 4.78 is 79.6. The van der Waals surface area contributed by atoms with E-state index in [1.54, 1.807) is 17.1 Å². The molecule has 3 heterocycles. The Balaban J connectivity index is 0.000000587. The lowest BCUT2D eigenvalue weighted by Crippen LogP contribution is -2.53. The third kappa shape index (κ3) is 8.47. The summed E-state index contributed by atoms with van der Waals surface area (Å²) in [5.74, 6) is -4.16. The number of alkyl halides is 3. The fourth-order valence-corrected chi connectivity index (χ4v) is 5.80. The van der Waals surface area contributed by atoms with Gasteiger partial charge >= 0.3 is 12.1 Å². The van der Waals surface area contributed by atoms with Gasteiger partial charge in [-0.3, -0.25) is 9.59 Å². The molecule has 2 saturated heterocycles. The highest BCUT2D eigenvalue weighted by Gasteiger charge is 2.42. The van der Waals surface area contributed by atoms with E-state index >= 15 is 0 Å². The van der Waals surface area contributed by atoms with Gasteiger partial charge in [-0.05, 0) is 50.4 Å². The van der Waals surface area contributed by atoms with Crippen LogP contribution < -0.4 is 15.4 Å². The maximum Gasteiger partial charge on any atom is 0.490 e. The SMILES string of the molecule is O=C(O)C(F)(F)F.O=C1c2ccc(F)c(c2)S(=O)(=O)NC/C=C/COCC2(CCNC2)C(=O)NCC2CCCCN12. The van der Waals surface area contributed by atoms with Crippen molar-refractivity contribution in [3.8, 4) is 0 Å². The molecule has 0 aromatic heterocycles. The number of hydrogen-bond donors (Lipinski definition) is 4. The van der Waals surface area contributed by atoms with Crippen LogP contribution in [0.15, 0.2) is 35.2 Å². The Morgan fingerprint density at radius 1 is 1.17 bits per heavy atom. The predicted molar refractivity (Wildman–Crippen MR) is 137 cm³/mol. The van der Waals surface area contributed by atoms with Crippen LogP contribution in [0.5, 0.6) is 0 Å². The van der Waals surface area contributed by atoms with Crippen LogP contribution >= 0.6 is 0 Å². The molecule has 16 heteroatoms. The van der Waals surface area contributed by atoms with Crippen molar-refractivity contribution in [1.29, 1.82) is 0 Å². The summed E-state index contributed by atoms with van der Waals surface area (Å²) in [5.41, 5.74) is -0.586. The van der Waals surface area contributed by atoms with E-state index in [0.717, 1.165) is 31.5 Å². The number of piperidine rings is 1. The second-order valence-electron chi connectivity index (χ2n) is 9.85. The second-order valence-corrected chi connectivity index (χ2v) is 11.6. The van der Waals surface area contributed by atoms with Gasteiger partial charge in [-0.2, -0.15) is 13.2 Å². The molecule has 4 rings (SSSR count). The molecule has 2 fully saturated rings. The van der Waals surface area contributed by atoms with Gasteiger partial charge in [-0.15, -0.1) is 0 Å². The minimum absolute atomic E-state index is 0.0648. The van der Waals surface area contributed by atoms with Crippen molar-refractivity contribution >= 4 is 27.8 Å². The first-order valence-corrected chi connectivity index (χ1v) is 14.4. The number of hydrogen-bond acceptors (Lipinski definition) is 7. The lowest BCUT2D eigenvalue weighted by atomic mass is 9.86. The Hall–Kier alpha value is -3.08. The summed E-state index contributed by atoms with van der Waals surface area (Å²) in [7, 11) is -4.16. The van der Waals surface area contributed by atoms with Crippen molar-refractivity contribution in [2.45, 2.75) is 42.8 Å². The van der Waals surface area contributed by atoms with Gasteiger partial charge in [0.25, 0.3) is 5.91 Å². The molecular formula is C25H32F4N4O7S. The molecule has 0 saturated carbocycles. The molecule has 2 amide bonds. The summed E-state index contributed by atoms with van der Waals surface area (Å²) in [6, 6.07) is 3.15. The van der Waals surface area contributed by atoms with Gasteiger partial charge < -0.3 is 25.4 Å². The molecule has 2 unspecified atom stereocenters. The van der Waals surface area contributed by atoms with Gasteiger partial charge in [0, 0.05) is 37.8 Å². The maximum atomic E-state index is 14.4. The van der Waals surface area contributed by atoms with Gasteiger partial charge in [-0.25, -0.2) is 22.3 Å². The van der Waals surface area contributed by atoms with Crippen molar-refractivity contribution in [3.05, 3.63) is 41.7 Å². The van der Waals surface area contributed by atoms with Crippen LogP contribution in [0, 0.1) is 11.2 Å². The van der Waals surface area contributed by atoms with Crippen molar-refractivity contribution in [2.24, 2.45) is 5.41 Å². The summed E-state index contributed by atoms with van der Waals surface area (Å²) >= 11 is 0. The summed E-state index contributed by atoms with van der Waals surface area (Å²) in [5, 5.41) is 13.4. The lowest BCUT2D eigenvalue weighted by Gasteiger charge is -2.37. The molecule has 11 nitrogen and oxygen atoms in total. The van der Waals surface area contributed by atoms with Crippen molar-refractivity contribution < 1.29 is 50.2 Å². The first kappa shape index (κ1) is 32.4. The van der Waals surface area contributed by atoms with Gasteiger partial charge in [0.1, 0.15) is 10.7 Å². The highest BCUT2D eigenvalue weighted by atomic mass is 32.2. The molecule has 1 spiro atoms. The van der Waals surface area contributed by atoms with E-state index in [-0.39, 0.29) is 43.2 Å². The number of benzene rings is 1. The third-order valence-electron chi connectivity index (χ3n) is 6.97. The van der Waals surface area contributed by atoms with Crippen LogP contribution in [-0.2, 0) is 24.3 Å². The van der Waals surface area contributed by atoms with Crippen LogP contribution in [0.4, 0.5) is 17.6 Å². The monoisotopic (exact) mass is 608 g/mol. The van der Waals surface area contributed by atoms with E-state index in [1.165, 1.54) is 6.07 Å². The Morgan fingerprint density at radius 3 is 2.56 bits per heavy atom. The van der Waals surface area contributed by atoms with Crippen LogP contribution in [0.1, 0.15) is 36.0 Å². The minimum atomic E-state index is -5.08. The molecule has 0 radical (unpaired) electrons. The van der Waals surface area contributed by atoms with E-state index in [9.17, 15) is 35.6 Å². The molecule has 2 atom stereocenters. The number of carboxylic acid groups (broad SMARTS) is 1. The van der Waals surface area contributed by atoms with Gasteiger partial charge in [0.2, 0.25) is 15.9 Å². The molecule has 3 aliphatic rings. The Labute approximate surface area is 234 Å². The maximum absolute atomic E-state index is 14.4. The van der Waals surface area contributed by atoms with Crippen molar-refractivity contribution in [3.63, 3.8) is 0 Å². The van der Waals surface area contributed by atoms with E-state index < -0.39 is 38.3 Å². The zero-order chi connectivity index (χ0) is 30.3. The number of amides is 2. The number of carbonyl (C=O) groups is 3. The van der Waals surface area contributed by atoms with Crippen LogP contribution in [0.3, 0.4) is 0 Å². The molecule has 4 N–H and O–H groups in total. The number of ether oxygens (including phenoxy) is 1. The van der Waals surface area contributed by atoms with Crippen LogP contribution in [-0.4, -0.2) is 94.4 Å². The molecule has 1 aromatic carbocycles. The number of nitrogens with zero attached hydrogens (tertiary/aromatic N) is 1. The molecule has 1 aromatic rings.